The Bertz CT molecular complexity index is 1210. The number of ether oxygens (including phenoxy) is 2. The Morgan fingerprint density at radius 1 is 1.19 bits per heavy atom. The minimum Gasteiger partial charge on any atom is -0.507 e. The minimum atomic E-state index is -0.959. The Hall–Kier alpha value is -3.20. The molecule has 0 aliphatic heterocycles. The van der Waals surface area contributed by atoms with E-state index in [1.54, 1.807) is 45.0 Å². The number of alkyl carbamates (subject to hydrolysis) is 1. The van der Waals surface area contributed by atoms with E-state index in [-0.39, 0.29) is 27.9 Å². The quantitative estimate of drug-likeness (QED) is 0.320. The number of carbonyl (C=O) groups is 2. The molecule has 3 rings (SSSR count). The summed E-state index contributed by atoms with van der Waals surface area (Å²) >= 11 is 1.51. The summed E-state index contributed by atoms with van der Waals surface area (Å²) in [6.45, 7) is 5.16. The molecule has 0 aliphatic carbocycles. The molecule has 3 aromatic rings. The van der Waals surface area contributed by atoms with Crippen molar-refractivity contribution in [3.63, 3.8) is 0 Å². The molecular weight excluding hydrogens is 434 g/mol. The molecule has 0 saturated heterocycles. The predicted octanol–water partition coefficient (Wildman–Crippen LogP) is 4.20. The van der Waals surface area contributed by atoms with E-state index in [2.05, 4.69) is 5.32 Å². The molecule has 0 spiro atoms. The summed E-state index contributed by atoms with van der Waals surface area (Å²) in [5.74, 6) is -0.518. The van der Waals surface area contributed by atoms with Crippen LogP contribution in [0.5, 0.6) is 11.5 Å². The third-order valence-corrected chi connectivity index (χ3v) is 5.08. The number of phenolic OH excluding ortho intramolecular Hbond substituents is 1. The summed E-state index contributed by atoms with van der Waals surface area (Å²) in [4.78, 5) is 37.6. The van der Waals surface area contributed by atoms with Gasteiger partial charge in [0.1, 0.15) is 39.7 Å². The van der Waals surface area contributed by atoms with Crippen molar-refractivity contribution in [1.82, 2.24) is 5.32 Å². The average Bonchev–Trinajstić information content (AvgIpc) is 2.69. The van der Waals surface area contributed by atoms with Crippen LogP contribution < -0.4 is 15.5 Å². The highest BCUT2D eigenvalue weighted by Crippen LogP contribution is 2.30. The zero-order valence-electron chi connectivity index (χ0n) is 18.3. The van der Waals surface area contributed by atoms with Crippen LogP contribution in [-0.4, -0.2) is 40.8 Å². The van der Waals surface area contributed by atoms with Crippen molar-refractivity contribution in [2.45, 2.75) is 38.8 Å². The van der Waals surface area contributed by atoms with Crippen LogP contribution in [0.15, 0.2) is 45.6 Å². The topological polar surface area (TPSA) is 115 Å². The smallest absolute Gasteiger partial charge is 0.408 e. The second-order valence-electron chi connectivity index (χ2n) is 8.14. The number of aromatic hydroxyl groups is 1. The van der Waals surface area contributed by atoms with Gasteiger partial charge in [0, 0.05) is 12.1 Å². The average molecular weight is 460 g/mol. The van der Waals surface area contributed by atoms with E-state index in [9.17, 15) is 19.5 Å². The highest BCUT2D eigenvalue weighted by molar-refractivity contribution is 7.98. The number of hydrogen-bond donors (Lipinski definition) is 2. The SMILES string of the molecule is CSCCC(NC(=O)OC(C)(C)C)C(=O)Oc1cc(O)c2c(=O)c3ccccc3oc2c1. The van der Waals surface area contributed by atoms with Gasteiger partial charge in [-0.1, -0.05) is 12.1 Å². The molecule has 2 aromatic carbocycles. The van der Waals surface area contributed by atoms with E-state index in [1.165, 1.54) is 23.9 Å². The van der Waals surface area contributed by atoms with Crippen molar-refractivity contribution < 1.29 is 28.6 Å². The zero-order chi connectivity index (χ0) is 23.5. The summed E-state index contributed by atoms with van der Waals surface area (Å²) in [5, 5.41) is 13.3. The van der Waals surface area contributed by atoms with Gasteiger partial charge in [0.05, 0.1) is 5.39 Å². The second kappa shape index (κ2) is 9.52. The standard InChI is InChI=1S/C23H25NO7S/c1-23(2,3)31-22(28)24-15(9-10-32-4)21(27)29-13-11-16(25)19-18(12-13)30-17-8-6-5-7-14(17)20(19)26/h5-8,11-12,15,25H,9-10H2,1-4H3,(H,24,28). The highest BCUT2D eigenvalue weighted by Gasteiger charge is 2.26. The van der Waals surface area contributed by atoms with Crippen molar-refractivity contribution in [1.29, 1.82) is 0 Å². The van der Waals surface area contributed by atoms with E-state index in [0.29, 0.717) is 23.1 Å². The van der Waals surface area contributed by atoms with Crippen molar-refractivity contribution in [2.24, 2.45) is 0 Å². The van der Waals surface area contributed by atoms with Crippen LogP contribution in [0.3, 0.4) is 0 Å². The molecule has 1 unspecified atom stereocenters. The monoisotopic (exact) mass is 459 g/mol. The zero-order valence-corrected chi connectivity index (χ0v) is 19.1. The van der Waals surface area contributed by atoms with Crippen LogP contribution >= 0.6 is 11.8 Å². The van der Waals surface area contributed by atoms with E-state index in [1.807, 2.05) is 6.26 Å². The summed E-state index contributed by atoms with van der Waals surface area (Å²) in [6.07, 6.45) is 1.46. The number of thioether (sulfide) groups is 1. The van der Waals surface area contributed by atoms with Crippen LogP contribution in [0, 0.1) is 0 Å². The number of benzene rings is 2. The maximum atomic E-state index is 12.8. The molecule has 9 heteroatoms. The molecule has 1 atom stereocenters. The van der Waals surface area contributed by atoms with Crippen LogP contribution in [0.25, 0.3) is 21.9 Å². The lowest BCUT2D eigenvalue weighted by atomic mass is 10.1. The van der Waals surface area contributed by atoms with Crippen molar-refractivity contribution in [2.75, 3.05) is 12.0 Å². The summed E-state index contributed by atoms with van der Waals surface area (Å²) in [6, 6.07) is 8.23. The molecule has 0 bridgehead atoms. The first-order valence-corrected chi connectivity index (χ1v) is 11.4. The maximum absolute atomic E-state index is 12.8. The molecule has 1 heterocycles. The van der Waals surface area contributed by atoms with E-state index in [0.717, 1.165) is 0 Å². The van der Waals surface area contributed by atoms with Crippen molar-refractivity contribution >= 4 is 45.8 Å². The number of hydrogen-bond acceptors (Lipinski definition) is 8. The Morgan fingerprint density at radius 2 is 1.91 bits per heavy atom. The summed E-state index contributed by atoms with van der Waals surface area (Å²) in [7, 11) is 0. The molecule has 0 saturated carbocycles. The molecule has 1 amide bonds. The fourth-order valence-electron chi connectivity index (χ4n) is 3.06. The van der Waals surface area contributed by atoms with E-state index < -0.39 is 23.7 Å². The van der Waals surface area contributed by atoms with E-state index in [4.69, 9.17) is 13.9 Å². The first kappa shape index (κ1) is 23.5. The Labute approximate surface area is 188 Å². The van der Waals surface area contributed by atoms with Gasteiger partial charge in [-0.15, -0.1) is 0 Å². The Kier molecular flexibility index (Phi) is 6.98. The van der Waals surface area contributed by atoms with Crippen LogP contribution in [-0.2, 0) is 9.53 Å². The normalized spacial score (nSPS) is 12.5. The van der Waals surface area contributed by atoms with Gasteiger partial charge in [0.25, 0.3) is 0 Å². The van der Waals surface area contributed by atoms with Gasteiger partial charge in [-0.25, -0.2) is 9.59 Å². The molecule has 0 fully saturated rings. The maximum Gasteiger partial charge on any atom is 0.408 e. The molecule has 1 aromatic heterocycles. The largest absolute Gasteiger partial charge is 0.507 e. The molecule has 0 aliphatic rings. The lowest BCUT2D eigenvalue weighted by Gasteiger charge is -2.22. The van der Waals surface area contributed by atoms with Gasteiger partial charge < -0.3 is 24.3 Å². The van der Waals surface area contributed by atoms with Crippen molar-refractivity contribution in [3.05, 3.63) is 46.6 Å². The Balaban J connectivity index is 1.88. The van der Waals surface area contributed by atoms with E-state index >= 15 is 0 Å². The fourth-order valence-corrected chi connectivity index (χ4v) is 3.53. The van der Waals surface area contributed by atoms with Gasteiger partial charge in [0.2, 0.25) is 5.43 Å². The van der Waals surface area contributed by atoms with Crippen LogP contribution in [0.4, 0.5) is 4.79 Å². The van der Waals surface area contributed by atoms with Gasteiger partial charge >= 0.3 is 12.1 Å². The highest BCUT2D eigenvalue weighted by atomic mass is 32.2. The third kappa shape index (κ3) is 5.53. The molecule has 2 N–H and O–H groups in total. The number of rotatable bonds is 6. The first-order valence-electron chi connectivity index (χ1n) is 9.98. The molecular formula is C23H25NO7S. The van der Waals surface area contributed by atoms with Crippen LogP contribution in [0.2, 0.25) is 0 Å². The second-order valence-corrected chi connectivity index (χ2v) is 9.13. The number of para-hydroxylation sites is 1. The first-order chi connectivity index (χ1) is 15.1. The number of esters is 1. The fraction of sp³-hybridized carbons (Fsp3) is 0.348. The number of phenols is 1. The number of amides is 1. The van der Waals surface area contributed by atoms with Gasteiger partial charge in [0.15, 0.2) is 0 Å². The molecule has 32 heavy (non-hydrogen) atoms. The van der Waals surface area contributed by atoms with Gasteiger partial charge in [-0.2, -0.15) is 11.8 Å². The molecule has 0 radical (unpaired) electrons. The van der Waals surface area contributed by atoms with Gasteiger partial charge in [-0.05, 0) is 51.3 Å². The minimum absolute atomic E-state index is 0.00527. The Morgan fingerprint density at radius 3 is 2.59 bits per heavy atom. The van der Waals surface area contributed by atoms with Crippen LogP contribution in [0.1, 0.15) is 27.2 Å². The molecule has 8 nitrogen and oxygen atoms in total. The number of fused-ring (bicyclic) bond motifs is 2. The lowest BCUT2D eigenvalue weighted by Crippen LogP contribution is -2.45. The van der Waals surface area contributed by atoms with Crippen molar-refractivity contribution in [3.8, 4) is 11.5 Å². The lowest BCUT2D eigenvalue weighted by molar-refractivity contribution is -0.136. The summed E-state index contributed by atoms with van der Waals surface area (Å²) in [5.41, 5.74) is -0.682. The van der Waals surface area contributed by atoms with Gasteiger partial charge in [-0.3, -0.25) is 4.79 Å². The molecule has 170 valence electrons. The third-order valence-electron chi connectivity index (χ3n) is 4.44. The predicted molar refractivity (Wildman–Crippen MR) is 123 cm³/mol. The number of carbonyl (C=O) groups excluding carboxylic acids is 2. The number of nitrogens with one attached hydrogen (secondary N) is 1. The summed E-state index contributed by atoms with van der Waals surface area (Å²) < 4.78 is 16.4.